The number of halogens is 2. The summed E-state index contributed by atoms with van der Waals surface area (Å²) in [4.78, 5) is 0. The lowest BCUT2D eigenvalue weighted by atomic mass is 9.91. The first-order chi connectivity index (χ1) is 7.15. The summed E-state index contributed by atoms with van der Waals surface area (Å²) in [6, 6.07) is 3.84. The van der Waals surface area contributed by atoms with E-state index in [0.717, 1.165) is 18.1 Å². The predicted molar refractivity (Wildman–Crippen MR) is 56.6 cm³/mol. The maximum absolute atomic E-state index is 13.0. The molecule has 0 aliphatic heterocycles. The molecule has 1 aliphatic carbocycles. The Hall–Kier alpha value is -0.920. The van der Waals surface area contributed by atoms with Crippen molar-refractivity contribution in [3.63, 3.8) is 0 Å². The van der Waals surface area contributed by atoms with Crippen LogP contribution in [0.4, 0.5) is 8.78 Å². The maximum atomic E-state index is 13.0. The summed E-state index contributed by atoms with van der Waals surface area (Å²) in [5.74, 6) is 0.369. The van der Waals surface area contributed by atoms with Crippen LogP contribution in [-0.4, -0.2) is 0 Å². The molecule has 0 saturated heterocycles. The topological polar surface area (TPSA) is 0 Å². The van der Waals surface area contributed by atoms with Crippen LogP contribution in [0.15, 0.2) is 18.2 Å². The van der Waals surface area contributed by atoms with E-state index in [4.69, 9.17) is 0 Å². The second kappa shape index (κ2) is 4.30. The normalized spacial score (nSPS) is 25.8. The summed E-state index contributed by atoms with van der Waals surface area (Å²) in [6.45, 7) is 2.23. The highest BCUT2D eigenvalue weighted by Crippen LogP contribution is 2.33. The van der Waals surface area contributed by atoms with Gasteiger partial charge < -0.3 is 0 Å². The Bertz CT molecular complexity index is 326. The van der Waals surface area contributed by atoms with Gasteiger partial charge in [0.05, 0.1) is 0 Å². The molecule has 0 bridgehead atoms. The second-order valence-electron chi connectivity index (χ2n) is 4.65. The van der Waals surface area contributed by atoms with Crippen molar-refractivity contribution in [2.24, 2.45) is 11.8 Å². The molecule has 0 heterocycles. The molecule has 0 radical (unpaired) electrons. The van der Waals surface area contributed by atoms with Gasteiger partial charge in [0.1, 0.15) is 11.6 Å². The van der Waals surface area contributed by atoms with E-state index < -0.39 is 11.6 Å². The summed E-state index contributed by atoms with van der Waals surface area (Å²) >= 11 is 0. The quantitative estimate of drug-likeness (QED) is 0.693. The van der Waals surface area contributed by atoms with Gasteiger partial charge in [-0.3, -0.25) is 0 Å². The highest BCUT2D eigenvalue weighted by atomic mass is 19.1. The molecule has 1 aromatic carbocycles. The van der Waals surface area contributed by atoms with Gasteiger partial charge in [0.25, 0.3) is 0 Å². The van der Waals surface area contributed by atoms with Gasteiger partial charge in [-0.15, -0.1) is 0 Å². The van der Waals surface area contributed by atoms with Gasteiger partial charge in [0.15, 0.2) is 0 Å². The third-order valence-electron chi connectivity index (χ3n) is 3.46. The van der Waals surface area contributed by atoms with Gasteiger partial charge in [-0.1, -0.05) is 19.8 Å². The smallest absolute Gasteiger partial charge is 0.126 e. The number of rotatable bonds is 2. The Morgan fingerprint density at radius 1 is 1.13 bits per heavy atom. The molecule has 0 nitrogen and oxygen atoms in total. The highest BCUT2D eigenvalue weighted by Gasteiger charge is 2.23. The molecular formula is C13H16F2. The average Bonchev–Trinajstić information content (AvgIpc) is 2.50. The molecule has 15 heavy (non-hydrogen) atoms. The third-order valence-corrected chi connectivity index (χ3v) is 3.46. The zero-order valence-electron chi connectivity index (χ0n) is 8.97. The SMILES string of the molecule is CC1CCC[C@@H]1Cc1cc(F)cc(F)c1. The molecule has 0 N–H and O–H groups in total. The van der Waals surface area contributed by atoms with Crippen LogP contribution < -0.4 is 0 Å². The number of benzene rings is 1. The first-order valence-corrected chi connectivity index (χ1v) is 5.60. The first kappa shape index (κ1) is 10.6. The summed E-state index contributed by atoms with van der Waals surface area (Å²) in [5, 5.41) is 0. The van der Waals surface area contributed by atoms with Gasteiger partial charge in [-0.05, 0) is 42.4 Å². The van der Waals surface area contributed by atoms with Crippen LogP contribution in [0.3, 0.4) is 0 Å². The molecule has 1 fully saturated rings. The molecule has 2 heteroatoms. The van der Waals surface area contributed by atoms with Crippen LogP contribution in [0.5, 0.6) is 0 Å². The van der Waals surface area contributed by atoms with Crippen LogP contribution >= 0.6 is 0 Å². The summed E-state index contributed by atoms with van der Waals surface area (Å²) in [6.07, 6.45) is 4.52. The van der Waals surface area contributed by atoms with Crippen molar-refractivity contribution >= 4 is 0 Å². The van der Waals surface area contributed by atoms with E-state index in [1.165, 1.54) is 31.4 Å². The molecule has 1 aromatic rings. The Balaban J connectivity index is 2.10. The summed E-state index contributed by atoms with van der Waals surface area (Å²) in [7, 11) is 0. The predicted octanol–water partition coefficient (Wildman–Crippen LogP) is 3.94. The minimum atomic E-state index is -0.462. The molecule has 2 atom stereocenters. The summed E-state index contributed by atoms with van der Waals surface area (Å²) in [5.41, 5.74) is 0.797. The second-order valence-corrected chi connectivity index (χ2v) is 4.65. The summed E-state index contributed by atoms with van der Waals surface area (Å²) < 4.78 is 25.9. The van der Waals surface area contributed by atoms with E-state index in [-0.39, 0.29) is 0 Å². The molecule has 0 spiro atoms. The molecule has 0 aromatic heterocycles. The zero-order chi connectivity index (χ0) is 10.8. The minimum Gasteiger partial charge on any atom is -0.207 e. The Morgan fingerprint density at radius 2 is 1.80 bits per heavy atom. The van der Waals surface area contributed by atoms with Gasteiger partial charge in [0, 0.05) is 6.07 Å². The van der Waals surface area contributed by atoms with Crippen molar-refractivity contribution in [3.05, 3.63) is 35.4 Å². The third kappa shape index (κ3) is 2.55. The van der Waals surface area contributed by atoms with E-state index in [9.17, 15) is 8.78 Å². The van der Waals surface area contributed by atoms with Crippen molar-refractivity contribution < 1.29 is 8.78 Å². The lowest BCUT2D eigenvalue weighted by Gasteiger charge is -2.15. The molecule has 82 valence electrons. The lowest BCUT2D eigenvalue weighted by molar-refractivity contribution is 0.415. The fourth-order valence-electron chi connectivity index (χ4n) is 2.56. The molecule has 2 rings (SSSR count). The Morgan fingerprint density at radius 3 is 2.33 bits per heavy atom. The van der Waals surface area contributed by atoms with Crippen molar-refractivity contribution in [1.82, 2.24) is 0 Å². The van der Waals surface area contributed by atoms with E-state index in [2.05, 4.69) is 6.92 Å². The van der Waals surface area contributed by atoms with Gasteiger partial charge in [-0.2, -0.15) is 0 Å². The van der Waals surface area contributed by atoms with Crippen LogP contribution in [0.1, 0.15) is 31.7 Å². The largest absolute Gasteiger partial charge is 0.207 e. The molecule has 0 amide bonds. The van der Waals surface area contributed by atoms with Gasteiger partial charge in [-0.25, -0.2) is 8.78 Å². The van der Waals surface area contributed by atoms with E-state index in [0.29, 0.717) is 11.8 Å². The van der Waals surface area contributed by atoms with E-state index >= 15 is 0 Å². The molecular weight excluding hydrogens is 194 g/mol. The van der Waals surface area contributed by atoms with Crippen molar-refractivity contribution in [3.8, 4) is 0 Å². The lowest BCUT2D eigenvalue weighted by Crippen LogP contribution is -2.07. The van der Waals surface area contributed by atoms with Crippen LogP contribution in [-0.2, 0) is 6.42 Å². The van der Waals surface area contributed by atoms with E-state index in [1.54, 1.807) is 0 Å². The Labute approximate surface area is 89.3 Å². The van der Waals surface area contributed by atoms with Crippen LogP contribution in [0.25, 0.3) is 0 Å². The maximum Gasteiger partial charge on any atom is 0.126 e. The van der Waals surface area contributed by atoms with Gasteiger partial charge >= 0.3 is 0 Å². The van der Waals surface area contributed by atoms with E-state index in [1.807, 2.05) is 0 Å². The fourth-order valence-corrected chi connectivity index (χ4v) is 2.56. The van der Waals surface area contributed by atoms with Crippen molar-refractivity contribution in [2.45, 2.75) is 32.6 Å². The zero-order valence-corrected chi connectivity index (χ0v) is 8.97. The van der Waals surface area contributed by atoms with Crippen LogP contribution in [0, 0.1) is 23.5 Å². The van der Waals surface area contributed by atoms with Crippen molar-refractivity contribution in [2.75, 3.05) is 0 Å². The van der Waals surface area contributed by atoms with Gasteiger partial charge in [0.2, 0.25) is 0 Å². The van der Waals surface area contributed by atoms with Crippen LogP contribution in [0.2, 0.25) is 0 Å². The molecule has 1 saturated carbocycles. The minimum absolute atomic E-state index is 0.462. The number of hydrogen-bond donors (Lipinski definition) is 0. The fraction of sp³-hybridized carbons (Fsp3) is 0.538. The number of hydrogen-bond acceptors (Lipinski definition) is 0. The molecule has 1 unspecified atom stereocenters. The highest BCUT2D eigenvalue weighted by molar-refractivity contribution is 5.18. The van der Waals surface area contributed by atoms with Crippen molar-refractivity contribution in [1.29, 1.82) is 0 Å². The standard InChI is InChI=1S/C13H16F2/c1-9-3-2-4-11(9)5-10-6-12(14)8-13(15)7-10/h6-9,11H,2-5H2,1H3/t9?,11-/m1/s1. The average molecular weight is 210 g/mol. The monoisotopic (exact) mass is 210 g/mol. The Kier molecular flexibility index (Phi) is 3.03. The first-order valence-electron chi connectivity index (χ1n) is 5.60. The molecule has 1 aliphatic rings.